The van der Waals surface area contributed by atoms with Gasteiger partial charge in [-0.2, -0.15) is 0 Å². The van der Waals surface area contributed by atoms with Crippen molar-refractivity contribution in [1.29, 1.82) is 0 Å². The third-order valence-corrected chi connectivity index (χ3v) is 6.74. The van der Waals surface area contributed by atoms with Crippen molar-refractivity contribution >= 4 is 11.9 Å². The first-order valence-corrected chi connectivity index (χ1v) is 8.63. The molecule has 0 spiro atoms. The molecule has 2 bridgehead atoms. The highest BCUT2D eigenvalue weighted by Crippen LogP contribution is 2.67. The molecular weight excluding hydrogens is 280 g/mol. The second-order valence-electron chi connectivity index (χ2n) is 8.69. The number of carbonyl (C=O) groups excluding carboxylic acids is 1. The highest BCUT2D eigenvalue weighted by atomic mass is 16.6. The number of carboxylic acid groups (broad SMARTS) is 1. The van der Waals surface area contributed by atoms with Gasteiger partial charge in [-0.3, -0.25) is 9.59 Å². The third kappa shape index (κ3) is 2.10. The average Bonchev–Trinajstić information content (AvgIpc) is 3.06. The number of aliphatic carboxylic acids is 1. The Morgan fingerprint density at radius 2 is 1.86 bits per heavy atom. The van der Waals surface area contributed by atoms with Crippen LogP contribution in [0, 0.1) is 35.0 Å². The first-order chi connectivity index (χ1) is 10.2. The second-order valence-corrected chi connectivity index (χ2v) is 8.69. The van der Waals surface area contributed by atoms with Gasteiger partial charge in [-0.05, 0) is 50.4 Å². The van der Waals surface area contributed by atoms with Crippen LogP contribution in [0.1, 0.15) is 59.8 Å². The van der Waals surface area contributed by atoms with Crippen molar-refractivity contribution in [1.82, 2.24) is 0 Å². The number of fused-ring (bicyclic) bond motifs is 5. The van der Waals surface area contributed by atoms with Gasteiger partial charge in [0.25, 0.3) is 0 Å². The number of ether oxygens (including phenoxy) is 1. The van der Waals surface area contributed by atoms with Crippen molar-refractivity contribution < 1.29 is 19.4 Å². The van der Waals surface area contributed by atoms with Crippen LogP contribution in [-0.4, -0.2) is 22.6 Å². The summed E-state index contributed by atoms with van der Waals surface area (Å²) in [4.78, 5) is 23.5. The van der Waals surface area contributed by atoms with Crippen LogP contribution >= 0.6 is 0 Å². The first kappa shape index (κ1) is 15.8. The molecule has 4 heteroatoms. The Morgan fingerprint density at radius 3 is 2.45 bits per heavy atom. The lowest BCUT2D eigenvalue weighted by molar-refractivity contribution is -0.196. The molecule has 4 nitrogen and oxygen atoms in total. The number of rotatable bonds is 3. The summed E-state index contributed by atoms with van der Waals surface area (Å²) in [5.74, 6) is -0.195. The summed E-state index contributed by atoms with van der Waals surface area (Å²) < 4.78 is 6.01. The molecule has 124 valence electrons. The zero-order chi connectivity index (χ0) is 16.3. The first-order valence-electron chi connectivity index (χ1n) is 8.63. The van der Waals surface area contributed by atoms with Gasteiger partial charge >= 0.3 is 11.9 Å². The molecular formula is C18H28O4. The van der Waals surface area contributed by atoms with E-state index in [1.54, 1.807) is 0 Å². The van der Waals surface area contributed by atoms with Gasteiger partial charge in [0, 0.05) is 11.3 Å². The quantitative estimate of drug-likeness (QED) is 0.640. The molecule has 0 aromatic heterocycles. The Bertz CT molecular complexity index is 492. The lowest BCUT2D eigenvalue weighted by Gasteiger charge is -2.50. The van der Waals surface area contributed by atoms with Crippen LogP contribution in [-0.2, 0) is 14.3 Å². The Balaban J connectivity index is 1.89. The van der Waals surface area contributed by atoms with E-state index in [-0.39, 0.29) is 5.41 Å². The predicted octanol–water partition coefficient (Wildman–Crippen LogP) is 3.49. The molecule has 0 heterocycles. The minimum Gasteiger partial charge on any atom is -0.481 e. The van der Waals surface area contributed by atoms with E-state index in [0.29, 0.717) is 17.8 Å². The molecule has 3 fully saturated rings. The summed E-state index contributed by atoms with van der Waals surface area (Å²) in [6, 6.07) is 0. The van der Waals surface area contributed by atoms with Crippen LogP contribution in [0.5, 0.6) is 0 Å². The lowest BCUT2D eigenvalue weighted by Crippen LogP contribution is -2.54. The molecule has 1 N–H and O–H groups in total. The van der Waals surface area contributed by atoms with Crippen LogP contribution in [0.15, 0.2) is 0 Å². The molecule has 22 heavy (non-hydrogen) atoms. The molecule has 3 aliphatic rings. The summed E-state index contributed by atoms with van der Waals surface area (Å²) in [5, 5.41) is 9.09. The maximum absolute atomic E-state index is 12.4. The van der Waals surface area contributed by atoms with Gasteiger partial charge in [0.1, 0.15) is 5.60 Å². The fraction of sp³-hybridized carbons (Fsp3) is 0.889. The molecule has 3 rings (SSSR count). The molecule has 3 saturated carbocycles. The van der Waals surface area contributed by atoms with Gasteiger partial charge in [-0.15, -0.1) is 0 Å². The monoisotopic (exact) mass is 308 g/mol. The van der Waals surface area contributed by atoms with E-state index < -0.39 is 23.5 Å². The number of hydrogen-bond acceptors (Lipinski definition) is 3. The number of carbonyl (C=O) groups is 2. The van der Waals surface area contributed by atoms with Crippen LogP contribution < -0.4 is 0 Å². The average molecular weight is 308 g/mol. The fourth-order valence-corrected chi connectivity index (χ4v) is 5.59. The molecule has 6 unspecified atom stereocenters. The maximum Gasteiger partial charge on any atom is 0.320 e. The molecule has 0 saturated heterocycles. The van der Waals surface area contributed by atoms with E-state index in [1.807, 2.05) is 0 Å². The molecule has 0 radical (unpaired) electrons. The minimum atomic E-state index is -1.10. The molecule has 0 aromatic carbocycles. The zero-order valence-corrected chi connectivity index (χ0v) is 14.1. The van der Waals surface area contributed by atoms with E-state index in [2.05, 4.69) is 20.8 Å². The van der Waals surface area contributed by atoms with Crippen molar-refractivity contribution in [2.45, 2.75) is 65.4 Å². The Labute approximate surface area is 132 Å². The van der Waals surface area contributed by atoms with Crippen molar-refractivity contribution in [2.24, 2.45) is 35.0 Å². The summed E-state index contributed by atoms with van der Waals surface area (Å²) in [7, 11) is 0. The standard InChI is InChI=1S/C18H28O4/c1-10(15(19)20)16(21)22-18(17(2,3)4)9-11-8-14(18)13-7-5-6-12(11)13/h10-14H,5-9H2,1-4H3,(H,19,20). The number of carboxylic acids is 1. The van der Waals surface area contributed by atoms with Gasteiger partial charge in [0.15, 0.2) is 5.92 Å². The lowest BCUT2D eigenvalue weighted by atomic mass is 9.62. The van der Waals surface area contributed by atoms with Crippen LogP contribution in [0.3, 0.4) is 0 Å². The second kappa shape index (κ2) is 4.97. The van der Waals surface area contributed by atoms with Gasteiger partial charge in [0.2, 0.25) is 0 Å². The minimum absolute atomic E-state index is 0.159. The van der Waals surface area contributed by atoms with Gasteiger partial charge in [-0.25, -0.2) is 0 Å². The normalized spacial score (nSPS) is 41.3. The summed E-state index contributed by atoms with van der Waals surface area (Å²) in [6.07, 6.45) is 5.94. The van der Waals surface area contributed by atoms with Crippen molar-refractivity contribution in [3.05, 3.63) is 0 Å². The van der Waals surface area contributed by atoms with E-state index in [9.17, 15) is 9.59 Å². The van der Waals surface area contributed by atoms with Crippen LogP contribution in [0.25, 0.3) is 0 Å². The van der Waals surface area contributed by atoms with E-state index in [0.717, 1.165) is 18.8 Å². The molecule has 6 atom stereocenters. The summed E-state index contributed by atoms with van der Waals surface area (Å²) in [5.41, 5.74) is -0.641. The summed E-state index contributed by atoms with van der Waals surface area (Å²) >= 11 is 0. The predicted molar refractivity (Wildman–Crippen MR) is 82.1 cm³/mol. The highest BCUT2D eigenvalue weighted by molar-refractivity contribution is 5.93. The van der Waals surface area contributed by atoms with E-state index in [1.165, 1.54) is 26.2 Å². The molecule has 0 aliphatic heterocycles. The molecule has 0 amide bonds. The van der Waals surface area contributed by atoms with Crippen molar-refractivity contribution in [3.8, 4) is 0 Å². The Kier molecular flexibility index (Phi) is 3.57. The largest absolute Gasteiger partial charge is 0.481 e. The Hall–Kier alpha value is -1.06. The van der Waals surface area contributed by atoms with E-state index >= 15 is 0 Å². The van der Waals surface area contributed by atoms with Crippen LogP contribution in [0.4, 0.5) is 0 Å². The Morgan fingerprint density at radius 1 is 1.23 bits per heavy atom. The van der Waals surface area contributed by atoms with Crippen molar-refractivity contribution in [2.75, 3.05) is 0 Å². The van der Waals surface area contributed by atoms with Crippen LogP contribution in [0.2, 0.25) is 0 Å². The van der Waals surface area contributed by atoms with E-state index in [4.69, 9.17) is 9.84 Å². The number of hydrogen-bond donors (Lipinski definition) is 1. The molecule has 3 aliphatic carbocycles. The zero-order valence-electron chi connectivity index (χ0n) is 14.1. The van der Waals surface area contributed by atoms with Gasteiger partial charge in [0.05, 0.1) is 0 Å². The highest BCUT2D eigenvalue weighted by Gasteiger charge is 2.66. The number of esters is 1. The maximum atomic E-state index is 12.4. The van der Waals surface area contributed by atoms with Gasteiger partial charge in [-0.1, -0.05) is 27.2 Å². The molecule has 0 aromatic rings. The SMILES string of the molecule is CC(C(=O)O)C(=O)OC1(C(C)(C)C)CC2CC1C1CCCC21. The fourth-order valence-electron chi connectivity index (χ4n) is 5.59. The smallest absolute Gasteiger partial charge is 0.320 e. The summed E-state index contributed by atoms with van der Waals surface area (Å²) in [6.45, 7) is 7.83. The van der Waals surface area contributed by atoms with Crippen molar-refractivity contribution in [3.63, 3.8) is 0 Å². The van der Waals surface area contributed by atoms with Gasteiger partial charge < -0.3 is 9.84 Å². The topological polar surface area (TPSA) is 63.6 Å². The third-order valence-electron chi connectivity index (χ3n) is 6.74.